The highest BCUT2D eigenvalue weighted by molar-refractivity contribution is 7.13. The van der Waals surface area contributed by atoms with Gasteiger partial charge in [0.15, 0.2) is 11.6 Å². The fourth-order valence-electron chi connectivity index (χ4n) is 3.09. The van der Waals surface area contributed by atoms with E-state index in [-0.39, 0.29) is 24.8 Å². The standard InChI is InChI=1S/C19H21N5OS.2ClH/c1-25-16-7-6-15(19-20-9-12-26-19)22-18(16)23-17-8-5-14(13-21-17)24-10-3-2-4-11-24;;/h5-9,12-13H,2-4,10-11H2,1H3,(H,21,22,23);2*1H. The lowest BCUT2D eigenvalue weighted by atomic mass is 10.1. The summed E-state index contributed by atoms with van der Waals surface area (Å²) in [7, 11) is 1.64. The molecule has 0 amide bonds. The van der Waals surface area contributed by atoms with Crippen molar-refractivity contribution >= 4 is 53.5 Å². The molecule has 9 heteroatoms. The van der Waals surface area contributed by atoms with Crippen molar-refractivity contribution in [3.05, 3.63) is 42.0 Å². The van der Waals surface area contributed by atoms with Gasteiger partial charge in [-0.05, 0) is 43.5 Å². The molecule has 0 unspecified atom stereocenters. The van der Waals surface area contributed by atoms with Crippen LogP contribution in [0, 0.1) is 0 Å². The molecule has 28 heavy (non-hydrogen) atoms. The van der Waals surface area contributed by atoms with Crippen LogP contribution in [-0.2, 0) is 0 Å². The Kier molecular flexibility index (Phi) is 8.29. The van der Waals surface area contributed by atoms with Crippen LogP contribution in [0.5, 0.6) is 5.75 Å². The van der Waals surface area contributed by atoms with E-state index in [1.165, 1.54) is 24.9 Å². The Morgan fingerprint density at radius 3 is 2.50 bits per heavy atom. The van der Waals surface area contributed by atoms with Gasteiger partial charge < -0.3 is 15.0 Å². The second-order valence-corrected chi connectivity index (χ2v) is 7.05. The van der Waals surface area contributed by atoms with Crippen molar-refractivity contribution in [1.82, 2.24) is 15.0 Å². The molecule has 1 N–H and O–H groups in total. The van der Waals surface area contributed by atoms with Crippen LogP contribution in [0.2, 0.25) is 0 Å². The number of thiazole rings is 1. The summed E-state index contributed by atoms with van der Waals surface area (Å²) in [6.45, 7) is 2.22. The summed E-state index contributed by atoms with van der Waals surface area (Å²) in [5.41, 5.74) is 1.99. The molecule has 1 saturated heterocycles. The van der Waals surface area contributed by atoms with Gasteiger partial charge in [-0.15, -0.1) is 36.2 Å². The predicted octanol–water partition coefficient (Wildman–Crippen LogP) is 5.19. The summed E-state index contributed by atoms with van der Waals surface area (Å²) in [6, 6.07) is 7.91. The van der Waals surface area contributed by atoms with Crippen LogP contribution in [0.4, 0.5) is 17.3 Å². The Morgan fingerprint density at radius 2 is 1.86 bits per heavy atom. The smallest absolute Gasteiger partial charge is 0.175 e. The van der Waals surface area contributed by atoms with Gasteiger partial charge in [-0.2, -0.15) is 0 Å². The zero-order valence-corrected chi connectivity index (χ0v) is 17.9. The Hall–Kier alpha value is -2.09. The van der Waals surface area contributed by atoms with Crippen molar-refractivity contribution in [2.75, 3.05) is 30.4 Å². The molecule has 0 saturated carbocycles. The van der Waals surface area contributed by atoms with E-state index >= 15 is 0 Å². The molecular weight excluding hydrogens is 417 g/mol. The minimum Gasteiger partial charge on any atom is -0.493 e. The van der Waals surface area contributed by atoms with E-state index in [0.717, 1.165) is 29.6 Å². The number of aromatic nitrogens is 3. The van der Waals surface area contributed by atoms with Crippen LogP contribution >= 0.6 is 36.2 Å². The molecule has 4 heterocycles. The van der Waals surface area contributed by atoms with Crippen molar-refractivity contribution < 1.29 is 4.74 Å². The molecule has 1 aliphatic heterocycles. The normalized spacial score (nSPS) is 13.2. The van der Waals surface area contributed by atoms with Crippen LogP contribution in [0.25, 0.3) is 10.7 Å². The van der Waals surface area contributed by atoms with Crippen LogP contribution in [0.1, 0.15) is 19.3 Å². The fraction of sp³-hybridized carbons (Fsp3) is 0.316. The maximum Gasteiger partial charge on any atom is 0.175 e. The van der Waals surface area contributed by atoms with Gasteiger partial charge in [0.2, 0.25) is 0 Å². The highest BCUT2D eigenvalue weighted by Crippen LogP contribution is 2.30. The number of hydrogen-bond acceptors (Lipinski definition) is 7. The molecule has 0 radical (unpaired) electrons. The Bertz CT molecular complexity index is 855. The quantitative estimate of drug-likeness (QED) is 0.590. The minimum absolute atomic E-state index is 0. The van der Waals surface area contributed by atoms with Crippen molar-refractivity contribution in [3.63, 3.8) is 0 Å². The monoisotopic (exact) mass is 439 g/mol. The van der Waals surface area contributed by atoms with Gasteiger partial charge >= 0.3 is 0 Å². The van der Waals surface area contributed by atoms with Gasteiger partial charge in [0.1, 0.15) is 16.5 Å². The number of nitrogens with one attached hydrogen (secondary N) is 1. The van der Waals surface area contributed by atoms with E-state index in [1.54, 1.807) is 24.6 Å². The SMILES string of the molecule is COc1ccc(-c2nccs2)nc1Nc1ccc(N2CCCCC2)cn1.Cl.Cl. The first kappa shape index (κ1) is 22.2. The lowest BCUT2D eigenvalue weighted by Crippen LogP contribution is -2.29. The Morgan fingerprint density at radius 1 is 1.04 bits per heavy atom. The van der Waals surface area contributed by atoms with Crippen LogP contribution in [0.15, 0.2) is 42.0 Å². The van der Waals surface area contributed by atoms with Crippen LogP contribution < -0.4 is 15.0 Å². The summed E-state index contributed by atoms with van der Waals surface area (Å²) < 4.78 is 5.43. The second-order valence-electron chi connectivity index (χ2n) is 6.16. The zero-order valence-electron chi connectivity index (χ0n) is 15.5. The predicted molar refractivity (Wildman–Crippen MR) is 120 cm³/mol. The molecule has 0 atom stereocenters. The van der Waals surface area contributed by atoms with Crippen molar-refractivity contribution in [2.45, 2.75) is 19.3 Å². The molecule has 1 aliphatic rings. The highest BCUT2D eigenvalue weighted by Gasteiger charge is 2.13. The minimum atomic E-state index is 0. The number of pyridine rings is 2. The number of methoxy groups -OCH3 is 1. The fourth-order valence-corrected chi connectivity index (χ4v) is 3.70. The highest BCUT2D eigenvalue weighted by atomic mass is 35.5. The van der Waals surface area contributed by atoms with Crippen LogP contribution in [-0.4, -0.2) is 35.2 Å². The molecule has 3 aromatic rings. The number of rotatable bonds is 5. The largest absolute Gasteiger partial charge is 0.493 e. The van der Waals surface area contributed by atoms with Gasteiger partial charge in [-0.3, -0.25) is 0 Å². The Balaban J connectivity index is 0.00000140. The molecule has 0 aromatic carbocycles. The van der Waals surface area contributed by atoms with E-state index in [2.05, 4.69) is 31.2 Å². The molecule has 0 spiro atoms. The first-order valence-electron chi connectivity index (χ1n) is 8.76. The van der Waals surface area contributed by atoms with Crippen LogP contribution in [0.3, 0.4) is 0 Å². The van der Waals surface area contributed by atoms with Gasteiger partial charge in [0.25, 0.3) is 0 Å². The average molecular weight is 440 g/mol. The van der Waals surface area contributed by atoms with Crippen molar-refractivity contribution in [2.24, 2.45) is 0 Å². The van der Waals surface area contributed by atoms with Gasteiger partial charge in [-0.1, -0.05) is 0 Å². The van der Waals surface area contributed by atoms with E-state index < -0.39 is 0 Å². The van der Waals surface area contributed by atoms with E-state index in [0.29, 0.717) is 11.6 Å². The third kappa shape index (κ3) is 5.04. The lowest BCUT2D eigenvalue weighted by Gasteiger charge is -2.28. The number of hydrogen-bond donors (Lipinski definition) is 1. The first-order chi connectivity index (χ1) is 12.8. The maximum atomic E-state index is 5.43. The van der Waals surface area contributed by atoms with Gasteiger partial charge in [0, 0.05) is 24.7 Å². The molecule has 150 valence electrons. The molecule has 0 aliphatic carbocycles. The molecule has 0 bridgehead atoms. The summed E-state index contributed by atoms with van der Waals surface area (Å²) in [4.78, 5) is 15.9. The molecule has 6 nitrogen and oxygen atoms in total. The summed E-state index contributed by atoms with van der Waals surface area (Å²) >= 11 is 1.56. The lowest BCUT2D eigenvalue weighted by molar-refractivity contribution is 0.415. The molecule has 3 aromatic heterocycles. The average Bonchev–Trinajstić information content (AvgIpc) is 3.24. The van der Waals surface area contributed by atoms with E-state index in [1.807, 2.05) is 29.8 Å². The number of piperidine rings is 1. The first-order valence-corrected chi connectivity index (χ1v) is 9.64. The molecular formula is C19H23Cl2N5OS. The maximum absolute atomic E-state index is 5.43. The molecule has 4 rings (SSSR count). The van der Waals surface area contributed by atoms with Crippen molar-refractivity contribution in [1.29, 1.82) is 0 Å². The van der Waals surface area contributed by atoms with E-state index in [4.69, 9.17) is 4.74 Å². The third-order valence-electron chi connectivity index (χ3n) is 4.45. The Labute approximate surface area is 181 Å². The second kappa shape index (κ2) is 10.5. The van der Waals surface area contributed by atoms with E-state index in [9.17, 15) is 0 Å². The van der Waals surface area contributed by atoms with Gasteiger partial charge in [-0.25, -0.2) is 15.0 Å². The number of nitrogens with zero attached hydrogens (tertiary/aromatic N) is 4. The van der Waals surface area contributed by atoms with Gasteiger partial charge in [0.05, 0.1) is 19.0 Å². The summed E-state index contributed by atoms with van der Waals surface area (Å²) in [6.07, 6.45) is 7.53. The summed E-state index contributed by atoms with van der Waals surface area (Å²) in [5, 5.41) is 6.09. The number of anilines is 3. The zero-order chi connectivity index (χ0) is 17.8. The topological polar surface area (TPSA) is 63.2 Å². The number of halogens is 2. The third-order valence-corrected chi connectivity index (χ3v) is 5.24. The number of ether oxygens (including phenoxy) is 1. The summed E-state index contributed by atoms with van der Waals surface area (Å²) in [5.74, 6) is 2.05. The van der Waals surface area contributed by atoms with Crippen molar-refractivity contribution in [3.8, 4) is 16.5 Å². The molecule has 1 fully saturated rings.